The molecule has 0 fully saturated rings. The first-order chi connectivity index (χ1) is 14.7. The minimum absolute atomic E-state index is 0.186. The summed E-state index contributed by atoms with van der Waals surface area (Å²) in [6.07, 6.45) is 2.72. The predicted molar refractivity (Wildman–Crippen MR) is 125 cm³/mol. The van der Waals surface area contributed by atoms with E-state index in [-0.39, 0.29) is 6.04 Å². The highest BCUT2D eigenvalue weighted by Gasteiger charge is 2.13. The van der Waals surface area contributed by atoms with Crippen molar-refractivity contribution in [2.24, 2.45) is 0 Å². The number of anilines is 2. The van der Waals surface area contributed by atoms with Crippen molar-refractivity contribution >= 4 is 22.4 Å². The lowest BCUT2D eigenvalue weighted by Crippen LogP contribution is -2.23. The molecule has 4 heteroatoms. The Bertz CT molecular complexity index is 1120. The fourth-order valence-electron chi connectivity index (χ4n) is 3.67. The Balaban J connectivity index is 1.60. The number of aromatic nitrogens is 2. The van der Waals surface area contributed by atoms with E-state index < -0.39 is 0 Å². The van der Waals surface area contributed by atoms with Gasteiger partial charge in [-0.15, -0.1) is 0 Å². The number of aryl methyl sites for hydroxylation is 2. The Kier molecular flexibility index (Phi) is 6.05. The molecule has 4 aromatic rings. The molecule has 1 heterocycles. The maximum Gasteiger partial charge on any atom is 0.141 e. The summed E-state index contributed by atoms with van der Waals surface area (Å²) < 4.78 is 0. The molecule has 0 aliphatic heterocycles. The van der Waals surface area contributed by atoms with Crippen LogP contribution in [0.4, 0.5) is 11.5 Å². The smallest absolute Gasteiger partial charge is 0.141 e. The Morgan fingerprint density at radius 1 is 0.833 bits per heavy atom. The van der Waals surface area contributed by atoms with Crippen molar-refractivity contribution in [1.82, 2.24) is 15.3 Å². The third-order valence-corrected chi connectivity index (χ3v) is 5.49. The van der Waals surface area contributed by atoms with Crippen molar-refractivity contribution in [1.29, 1.82) is 0 Å². The van der Waals surface area contributed by atoms with Gasteiger partial charge in [-0.2, -0.15) is 0 Å². The second-order valence-corrected chi connectivity index (χ2v) is 7.72. The minimum atomic E-state index is 0.186. The summed E-state index contributed by atoms with van der Waals surface area (Å²) in [5, 5.41) is 8.18. The van der Waals surface area contributed by atoms with Crippen LogP contribution in [0.25, 0.3) is 10.9 Å². The zero-order chi connectivity index (χ0) is 20.9. The molecule has 4 nitrogen and oxygen atoms in total. The molecule has 30 heavy (non-hydrogen) atoms. The maximum atomic E-state index is 4.48. The molecule has 4 rings (SSSR count). The van der Waals surface area contributed by atoms with E-state index in [9.17, 15) is 0 Å². The van der Waals surface area contributed by atoms with Crippen molar-refractivity contribution in [2.75, 3.05) is 11.9 Å². The highest BCUT2D eigenvalue weighted by Crippen LogP contribution is 2.27. The molecule has 1 atom stereocenters. The SMILES string of the molecule is CCCN[C@@H](c1ccccc1)c1ccc(Nc2ncnc3cc(C)c(C)cc23)cc1. The van der Waals surface area contributed by atoms with Gasteiger partial charge in [0.1, 0.15) is 12.1 Å². The van der Waals surface area contributed by atoms with E-state index in [1.807, 2.05) is 0 Å². The van der Waals surface area contributed by atoms with Gasteiger partial charge in [-0.05, 0) is 73.3 Å². The average Bonchev–Trinajstić information content (AvgIpc) is 2.77. The van der Waals surface area contributed by atoms with Crippen LogP contribution in [0.1, 0.15) is 41.6 Å². The Hall–Kier alpha value is -3.24. The number of hydrogen-bond acceptors (Lipinski definition) is 4. The summed E-state index contributed by atoms with van der Waals surface area (Å²) in [5.74, 6) is 0.833. The molecular weight excluding hydrogens is 368 g/mol. The molecule has 0 aliphatic carbocycles. The molecule has 2 N–H and O–H groups in total. The second-order valence-electron chi connectivity index (χ2n) is 7.72. The molecule has 0 saturated carbocycles. The summed E-state index contributed by atoms with van der Waals surface area (Å²) in [4.78, 5) is 8.91. The summed E-state index contributed by atoms with van der Waals surface area (Å²) >= 11 is 0. The summed E-state index contributed by atoms with van der Waals surface area (Å²) in [6, 6.07) is 23.7. The van der Waals surface area contributed by atoms with E-state index in [0.717, 1.165) is 35.4 Å². The minimum Gasteiger partial charge on any atom is -0.340 e. The third kappa shape index (κ3) is 4.34. The van der Waals surface area contributed by atoms with Gasteiger partial charge in [-0.1, -0.05) is 49.4 Å². The first-order valence-electron chi connectivity index (χ1n) is 10.5. The first kappa shape index (κ1) is 20.0. The summed E-state index contributed by atoms with van der Waals surface area (Å²) in [6.45, 7) is 7.40. The fourth-order valence-corrected chi connectivity index (χ4v) is 3.67. The van der Waals surface area contributed by atoms with Crippen molar-refractivity contribution in [3.63, 3.8) is 0 Å². The first-order valence-corrected chi connectivity index (χ1v) is 10.5. The zero-order valence-electron chi connectivity index (χ0n) is 17.8. The molecule has 0 saturated heterocycles. The van der Waals surface area contributed by atoms with Gasteiger partial charge >= 0.3 is 0 Å². The van der Waals surface area contributed by atoms with Crippen LogP contribution in [-0.2, 0) is 0 Å². The standard InChI is InChI=1S/C26H28N4/c1-4-14-27-25(20-8-6-5-7-9-20)21-10-12-22(13-11-21)30-26-23-15-18(2)19(3)16-24(23)28-17-29-26/h5-13,15-17,25,27H,4,14H2,1-3H3,(H,28,29,30)/t25-/m0/s1. The Morgan fingerprint density at radius 3 is 2.27 bits per heavy atom. The molecule has 0 amide bonds. The largest absolute Gasteiger partial charge is 0.340 e. The van der Waals surface area contributed by atoms with E-state index in [1.165, 1.54) is 22.3 Å². The average molecular weight is 397 g/mol. The van der Waals surface area contributed by atoms with Crippen LogP contribution in [-0.4, -0.2) is 16.5 Å². The van der Waals surface area contributed by atoms with Gasteiger partial charge in [0.05, 0.1) is 11.6 Å². The van der Waals surface area contributed by atoms with Gasteiger partial charge in [0.15, 0.2) is 0 Å². The normalized spacial score (nSPS) is 12.1. The number of hydrogen-bond donors (Lipinski definition) is 2. The van der Waals surface area contributed by atoms with Crippen LogP contribution in [0.15, 0.2) is 73.1 Å². The monoisotopic (exact) mass is 396 g/mol. The van der Waals surface area contributed by atoms with Crippen LogP contribution in [0.5, 0.6) is 0 Å². The van der Waals surface area contributed by atoms with Gasteiger partial charge in [0.25, 0.3) is 0 Å². The number of rotatable bonds is 7. The fraction of sp³-hybridized carbons (Fsp3) is 0.231. The van der Waals surface area contributed by atoms with Crippen LogP contribution >= 0.6 is 0 Å². The van der Waals surface area contributed by atoms with E-state index in [0.29, 0.717) is 0 Å². The molecule has 3 aromatic carbocycles. The number of benzene rings is 3. The molecule has 1 aromatic heterocycles. The van der Waals surface area contributed by atoms with Crippen LogP contribution < -0.4 is 10.6 Å². The summed E-state index contributed by atoms with van der Waals surface area (Å²) in [7, 11) is 0. The third-order valence-electron chi connectivity index (χ3n) is 5.49. The summed E-state index contributed by atoms with van der Waals surface area (Å²) in [5.41, 5.74) is 6.98. The molecule has 0 spiro atoms. The highest BCUT2D eigenvalue weighted by atomic mass is 15.0. The van der Waals surface area contributed by atoms with E-state index >= 15 is 0 Å². The molecule has 0 bridgehead atoms. The van der Waals surface area contributed by atoms with Crippen molar-refractivity contribution < 1.29 is 0 Å². The van der Waals surface area contributed by atoms with E-state index in [4.69, 9.17) is 0 Å². The lowest BCUT2D eigenvalue weighted by molar-refractivity contribution is 0.598. The van der Waals surface area contributed by atoms with Gasteiger partial charge < -0.3 is 10.6 Å². The Labute approximate surface area is 178 Å². The van der Waals surface area contributed by atoms with Crippen molar-refractivity contribution in [3.8, 4) is 0 Å². The molecule has 0 radical (unpaired) electrons. The second kappa shape index (κ2) is 9.06. The van der Waals surface area contributed by atoms with Gasteiger partial charge in [-0.25, -0.2) is 9.97 Å². The van der Waals surface area contributed by atoms with Crippen molar-refractivity contribution in [2.45, 2.75) is 33.2 Å². The zero-order valence-corrected chi connectivity index (χ0v) is 17.8. The molecule has 0 unspecified atom stereocenters. The van der Waals surface area contributed by atoms with Gasteiger partial charge in [0, 0.05) is 11.1 Å². The lowest BCUT2D eigenvalue weighted by atomic mass is 9.98. The topological polar surface area (TPSA) is 49.8 Å². The van der Waals surface area contributed by atoms with E-state index in [2.05, 4.69) is 108 Å². The van der Waals surface area contributed by atoms with Crippen molar-refractivity contribution in [3.05, 3.63) is 95.3 Å². The number of fused-ring (bicyclic) bond motifs is 1. The molecular formula is C26H28N4. The molecule has 152 valence electrons. The van der Waals surface area contributed by atoms with Crippen LogP contribution in [0, 0.1) is 13.8 Å². The number of nitrogens with zero attached hydrogens (tertiary/aromatic N) is 2. The van der Waals surface area contributed by atoms with Gasteiger partial charge in [-0.3, -0.25) is 0 Å². The number of nitrogens with one attached hydrogen (secondary N) is 2. The van der Waals surface area contributed by atoms with E-state index in [1.54, 1.807) is 6.33 Å². The maximum absolute atomic E-state index is 4.48. The van der Waals surface area contributed by atoms with Crippen LogP contribution in [0.3, 0.4) is 0 Å². The highest BCUT2D eigenvalue weighted by molar-refractivity contribution is 5.91. The quantitative estimate of drug-likeness (QED) is 0.397. The Morgan fingerprint density at radius 2 is 1.53 bits per heavy atom. The predicted octanol–water partition coefficient (Wildman–Crippen LogP) is 6.08. The van der Waals surface area contributed by atoms with Gasteiger partial charge in [0.2, 0.25) is 0 Å². The molecule has 0 aliphatic rings. The van der Waals surface area contributed by atoms with Crippen LogP contribution in [0.2, 0.25) is 0 Å². The lowest BCUT2D eigenvalue weighted by Gasteiger charge is -2.20.